The van der Waals surface area contributed by atoms with Gasteiger partial charge in [0.15, 0.2) is 5.75 Å². The Morgan fingerprint density at radius 3 is 2.64 bits per heavy atom. The number of ether oxygens (including phenoxy) is 2. The van der Waals surface area contributed by atoms with Gasteiger partial charge in [0.2, 0.25) is 5.75 Å². The molecule has 2 aliphatic rings. The lowest BCUT2D eigenvalue weighted by atomic mass is 10.1. The summed E-state index contributed by atoms with van der Waals surface area (Å²) >= 11 is 4.88. The van der Waals surface area contributed by atoms with Crippen LogP contribution in [0.1, 0.15) is 25.3 Å². The second kappa shape index (κ2) is 11.6. The lowest BCUT2D eigenvalue weighted by Gasteiger charge is -2.36. The van der Waals surface area contributed by atoms with Gasteiger partial charge in [-0.1, -0.05) is 24.6 Å². The minimum Gasteiger partial charge on any atom is -0.598 e. The SMILES string of the molecule is COc1cc(C[S+]([O-])N2CCN(c3cnn(-c4cccc(Cl)c4)c(=O)c3OCC3(C)CC3)CC2)c2ncccc2c1N. The molecule has 3 heterocycles. The zero-order valence-corrected chi connectivity index (χ0v) is 25.2. The van der Waals surface area contributed by atoms with Gasteiger partial charge in [-0.15, -0.1) is 4.31 Å². The molecule has 4 aromatic rings. The molecule has 6 rings (SSSR count). The lowest BCUT2D eigenvalue weighted by Crippen LogP contribution is -2.49. The number of hydrogen-bond acceptors (Lipinski definition) is 9. The number of pyridine rings is 1. The molecule has 2 aromatic carbocycles. The first-order valence-electron chi connectivity index (χ1n) is 13.9. The number of piperazine rings is 1. The van der Waals surface area contributed by atoms with Crippen molar-refractivity contribution in [3.05, 3.63) is 75.8 Å². The number of fused-ring (bicyclic) bond motifs is 1. The van der Waals surface area contributed by atoms with Crippen molar-refractivity contribution in [1.82, 2.24) is 19.1 Å². The van der Waals surface area contributed by atoms with Crippen LogP contribution in [-0.2, 0) is 17.1 Å². The maximum Gasteiger partial charge on any atom is 0.316 e. The van der Waals surface area contributed by atoms with Crippen LogP contribution in [0.4, 0.5) is 11.4 Å². The molecule has 42 heavy (non-hydrogen) atoms. The minimum atomic E-state index is -1.30. The average molecular weight is 609 g/mol. The van der Waals surface area contributed by atoms with Crippen LogP contribution >= 0.6 is 11.6 Å². The van der Waals surface area contributed by atoms with Crippen LogP contribution in [0.3, 0.4) is 0 Å². The Kier molecular flexibility index (Phi) is 7.93. The fourth-order valence-electron chi connectivity index (χ4n) is 5.14. The van der Waals surface area contributed by atoms with Gasteiger partial charge in [-0.05, 0) is 49.2 Å². The van der Waals surface area contributed by atoms with E-state index in [1.807, 2.05) is 22.5 Å². The molecule has 1 atom stereocenters. The number of halogens is 1. The second-order valence-electron chi connectivity index (χ2n) is 11.1. The van der Waals surface area contributed by atoms with Crippen LogP contribution in [0.5, 0.6) is 11.5 Å². The summed E-state index contributed by atoms with van der Waals surface area (Å²) in [6.45, 7) is 4.83. The number of benzene rings is 2. The standard InChI is InChI=1S/C30H33ClN6O4S/c1-30(8-9-30)19-41-28-24(17-34-37(29(28)38)22-6-3-5-21(31)16-22)35-11-13-36(14-12-35)42(39)18-20-15-25(40-2)26(32)23-7-4-10-33-27(20)23/h3-7,10,15-17H,8-9,11-14,18-19,32H2,1-2H3. The fourth-order valence-corrected chi connectivity index (χ4v) is 6.56. The smallest absolute Gasteiger partial charge is 0.316 e. The van der Waals surface area contributed by atoms with Gasteiger partial charge in [0.1, 0.15) is 11.4 Å². The van der Waals surface area contributed by atoms with Crippen LogP contribution < -0.4 is 25.7 Å². The monoisotopic (exact) mass is 608 g/mol. The third-order valence-electron chi connectivity index (χ3n) is 7.98. The quantitative estimate of drug-likeness (QED) is 0.220. The van der Waals surface area contributed by atoms with Gasteiger partial charge >= 0.3 is 5.56 Å². The van der Waals surface area contributed by atoms with Gasteiger partial charge in [-0.3, -0.25) is 9.78 Å². The van der Waals surface area contributed by atoms with Crippen molar-refractivity contribution < 1.29 is 14.0 Å². The number of nitrogens with zero attached hydrogens (tertiary/aromatic N) is 5. The molecule has 0 amide bonds. The van der Waals surface area contributed by atoms with E-state index in [9.17, 15) is 9.35 Å². The topological polar surface area (TPSA) is 122 Å². The highest BCUT2D eigenvalue weighted by Crippen LogP contribution is 2.45. The third kappa shape index (κ3) is 5.74. The van der Waals surface area contributed by atoms with E-state index < -0.39 is 11.4 Å². The molecule has 0 spiro atoms. The molecular weight excluding hydrogens is 576 g/mol. The molecule has 1 aliphatic heterocycles. The third-order valence-corrected chi connectivity index (χ3v) is 9.71. The average Bonchev–Trinajstić information content (AvgIpc) is 3.74. The summed E-state index contributed by atoms with van der Waals surface area (Å²) in [7, 11) is 1.57. The van der Waals surface area contributed by atoms with Crippen molar-refractivity contribution in [2.45, 2.75) is 25.5 Å². The fraction of sp³-hybridized carbons (Fsp3) is 0.367. The first-order valence-corrected chi connectivity index (χ1v) is 15.5. The van der Waals surface area contributed by atoms with Crippen LogP contribution in [0.2, 0.25) is 5.02 Å². The summed E-state index contributed by atoms with van der Waals surface area (Å²) in [6, 6.07) is 12.6. The molecule has 2 N–H and O–H groups in total. The molecule has 2 fully saturated rings. The Morgan fingerprint density at radius 2 is 1.93 bits per heavy atom. The Morgan fingerprint density at radius 1 is 1.14 bits per heavy atom. The van der Waals surface area contributed by atoms with E-state index in [1.54, 1.807) is 43.8 Å². The normalized spacial score (nSPS) is 17.3. The zero-order valence-electron chi connectivity index (χ0n) is 23.6. The van der Waals surface area contributed by atoms with Gasteiger partial charge in [-0.2, -0.15) is 9.78 Å². The molecule has 12 heteroatoms. The van der Waals surface area contributed by atoms with Crippen molar-refractivity contribution >= 4 is 45.2 Å². The van der Waals surface area contributed by atoms with E-state index in [4.69, 9.17) is 26.8 Å². The van der Waals surface area contributed by atoms with Crippen LogP contribution in [0.15, 0.2) is 59.7 Å². The molecule has 220 valence electrons. The van der Waals surface area contributed by atoms with E-state index in [2.05, 4.69) is 21.9 Å². The highest BCUT2D eigenvalue weighted by atomic mass is 35.5. The number of rotatable bonds is 9. The van der Waals surface area contributed by atoms with Gasteiger partial charge < -0.3 is 24.7 Å². The van der Waals surface area contributed by atoms with E-state index in [-0.39, 0.29) is 22.5 Å². The number of nitrogen functional groups attached to an aromatic ring is 1. The molecular formula is C30H33ClN6O4S. The summed E-state index contributed by atoms with van der Waals surface area (Å²) in [4.78, 5) is 20.2. The molecule has 0 radical (unpaired) electrons. The Hall–Kier alpha value is -3.51. The van der Waals surface area contributed by atoms with Gasteiger partial charge in [0, 0.05) is 52.0 Å². The van der Waals surface area contributed by atoms with Crippen molar-refractivity contribution in [3.8, 4) is 17.2 Å². The summed E-state index contributed by atoms with van der Waals surface area (Å²) in [5, 5.41) is 5.77. The summed E-state index contributed by atoms with van der Waals surface area (Å²) in [6.07, 6.45) is 5.53. The maximum absolute atomic E-state index is 13.7. The van der Waals surface area contributed by atoms with Gasteiger partial charge in [-0.25, -0.2) is 0 Å². The van der Waals surface area contributed by atoms with Crippen molar-refractivity contribution in [3.63, 3.8) is 0 Å². The predicted octanol–water partition coefficient (Wildman–Crippen LogP) is 4.19. The van der Waals surface area contributed by atoms with Crippen LogP contribution in [0.25, 0.3) is 16.6 Å². The van der Waals surface area contributed by atoms with Crippen LogP contribution in [-0.4, -0.2) is 63.5 Å². The van der Waals surface area contributed by atoms with Crippen LogP contribution in [0, 0.1) is 5.41 Å². The Labute approximate surface area is 252 Å². The lowest BCUT2D eigenvalue weighted by molar-refractivity contribution is 0.242. The van der Waals surface area contributed by atoms with E-state index in [0.717, 1.165) is 29.3 Å². The molecule has 0 bridgehead atoms. The highest BCUT2D eigenvalue weighted by molar-refractivity contribution is 7.88. The molecule has 2 aromatic heterocycles. The van der Waals surface area contributed by atoms with Crippen molar-refractivity contribution in [2.75, 3.05) is 50.5 Å². The molecule has 1 aliphatic carbocycles. The van der Waals surface area contributed by atoms with E-state index in [1.165, 1.54) is 4.68 Å². The van der Waals surface area contributed by atoms with Crippen molar-refractivity contribution in [1.29, 1.82) is 0 Å². The molecule has 1 saturated carbocycles. The Balaban J connectivity index is 1.21. The highest BCUT2D eigenvalue weighted by Gasteiger charge is 2.39. The minimum absolute atomic E-state index is 0.0906. The number of aromatic nitrogens is 3. The number of methoxy groups -OCH3 is 1. The molecule has 1 saturated heterocycles. The maximum atomic E-state index is 13.7. The Bertz CT molecular complexity index is 1670. The molecule has 10 nitrogen and oxygen atoms in total. The molecule has 1 unspecified atom stereocenters. The number of hydrogen-bond donors (Lipinski definition) is 1. The summed E-state index contributed by atoms with van der Waals surface area (Å²) in [5.74, 6) is 1.10. The summed E-state index contributed by atoms with van der Waals surface area (Å²) in [5.41, 5.74) is 9.29. The first kappa shape index (κ1) is 28.6. The number of nitrogens with two attached hydrogens (primary N) is 1. The van der Waals surface area contributed by atoms with E-state index in [0.29, 0.717) is 60.6 Å². The van der Waals surface area contributed by atoms with Gasteiger partial charge in [0.05, 0.1) is 49.9 Å². The largest absolute Gasteiger partial charge is 0.598 e. The van der Waals surface area contributed by atoms with Gasteiger partial charge in [0.25, 0.3) is 0 Å². The van der Waals surface area contributed by atoms with E-state index >= 15 is 0 Å². The predicted molar refractivity (Wildman–Crippen MR) is 166 cm³/mol. The summed E-state index contributed by atoms with van der Waals surface area (Å²) < 4.78 is 28.5. The second-order valence-corrected chi connectivity index (χ2v) is 13.0. The van der Waals surface area contributed by atoms with Crippen molar-refractivity contribution in [2.24, 2.45) is 5.41 Å². The number of anilines is 2. The zero-order chi connectivity index (χ0) is 29.4. The first-order chi connectivity index (χ1) is 20.3.